The molecule has 0 aliphatic heterocycles. The molecule has 0 aliphatic rings. The molecule has 0 fully saturated rings. The number of rotatable bonds is 5. The van der Waals surface area contributed by atoms with Crippen LogP contribution in [0.5, 0.6) is 17.2 Å². The number of hydrogen-bond donors (Lipinski definition) is 1. The maximum atomic E-state index is 12.2. The van der Waals surface area contributed by atoms with Gasteiger partial charge < -0.3 is 19.4 Å². The van der Waals surface area contributed by atoms with E-state index in [0.29, 0.717) is 28.5 Å². The third kappa shape index (κ3) is 4.61. The quantitative estimate of drug-likeness (QED) is 0.223. The van der Waals surface area contributed by atoms with Crippen molar-refractivity contribution in [2.45, 2.75) is 0 Å². The average Bonchev–Trinajstić information content (AvgIpc) is 2.55. The zero-order chi connectivity index (χ0) is 16.8. The number of benzene rings is 2. The molecule has 0 aromatic heterocycles. The zero-order valence-electron chi connectivity index (χ0n) is 12.6. The Balaban J connectivity index is 2.28. The lowest BCUT2D eigenvalue weighted by atomic mass is 10.2. The van der Waals surface area contributed by atoms with Crippen LogP contribution in [-0.4, -0.2) is 29.6 Å². The second kappa shape index (κ2) is 7.85. The van der Waals surface area contributed by atoms with Gasteiger partial charge in [0.15, 0.2) is 17.7 Å². The fourth-order valence-corrected chi connectivity index (χ4v) is 2.07. The Morgan fingerprint density at radius 2 is 1.78 bits per heavy atom. The summed E-state index contributed by atoms with van der Waals surface area (Å²) in [5.74, 6) is 1.58. The van der Waals surface area contributed by atoms with Gasteiger partial charge in [0.1, 0.15) is 5.75 Å². The van der Waals surface area contributed by atoms with E-state index in [1.54, 1.807) is 49.6 Å². The van der Waals surface area contributed by atoms with E-state index in [0.717, 1.165) is 4.74 Å². The molecule has 0 radical (unpaired) electrons. The predicted octanol–water partition coefficient (Wildman–Crippen LogP) is 3.56. The van der Waals surface area contributed by atoms with Crippen LogP contribution in [0.1, 0.15) is 5.56 Å². The molecule has 7 heteroatoms. The van der Waals surface area contributed by atoms with Gasteiger partial charge in [0.05, 0.1) is 14.2 Å². The maximum Gasteiger partial charge on any atom is 0.222 e. The summed E-state index contributed by atoms with van der Waals surface area (Å²) in [6, 6.07) is 11.9. The summed E-state index contributed by atoms with van der Waals surface area (Å²) in [4.78, 5) is 0. The molecular formula is C16H15NO4S2. The highest BCUT2D eigenvalue weighted by Crippen LogP contribution is 2.28. The molecule has 0 heterocycles. The van der Waals surface area contributed by atoms with E-state index < -0.39 is 0 Å². The number of hydrogen-bond acceptors (Lipinski definition) is 5. The normalized spacial score (nSPS) is 11.0. The lowest BCUT2D eigenvalue weighted by molar-refractivity contribution is -0.354. The number of methoxy groups -OCH3 is 2. The van der Waals surface area contributed by atoms with Crippen LogP contribution < -0.4 is 14.2 Å². The molecule has 2 rings (SSSR count). The standard InChI is InChI=1S/C16H15NO4S2/c1-19-13-6-4-12(5-7-13)17(18)10-11-3-8-14(21-16(22)23)15(9-11)20-2/h3-10H,1-2H3,(H,22,23)/b17-10-. The van der Waals surface area contributed by atoms with Crippen LogP contribution in [-0.2, 0) is 0 Å². The topological polar surface area (TPSA) is 53.8 Å². The van der Waals surface area contributed by atoms with Crippen LogP contribution in [0.25, 0.3) is 0 Å². The second-order valence-corrected chi connectivity index (χ2v) is 5.51. The van der Waals surface area contributed by atoms with Crippen LogP contribution in [0, 0.1) is 5.21 Å². The van der Waals surface area contributed by atoms with Crippen molar-refractivity contribution in [1.82, 2.24) is 0 Å². The summed E-state index contributed by atoms with van der Waals surface area (Å²) in [6.07, 6.45) is 1.44. The highest BCUT2D eigenvalue weighted by atomic mass is 32.1. The van der Waals surface area contributed by atoms with Gasteiger partial charge in [-0.15, -0.1) is 0 Å². The first-order valence-corrected chi connectivity index (χ1v) is 7.43. The molecular weight excluding hydrogens is 334 g/mol. The van der Waals surface area contributed by atoms with Crippen LogP contribution in [0.3, 0.4) is 0 Å². The lowest BCUT2D eigenvalue weighted by Gasteiger charge is -2.09. The SMILES string of the molecule is COc1ccc(/[N+]([O-])=C/c2ccc(OC(=S)S)c(OC)c2)cc1. The smallest absolute Gasteiger partial charge is 0.222 e. The van der Waals surface area contributed by atoms with Crippen molar-refractivity contribution < 1.29 is 18.9 Å². The van der Waals surface area contributed by atoms with Gasteiger partial charge in [-0.05, 0) is 42.5 Å². The third-order valence-electron chi connectivity index (χ3n) is 2.98. The van der Waals surface area contributed by atoms with Gasteiger partial charge in [0.2, 0.25) is 10.1 Å². The van der Waals surface area contributed by atoms with Gasteiger partial charge in [0.25, 0.3) is 0 Å². The fraction of sp³-hybridized carbons (Fsp3) is 0.125. The van der Waals surface area contributed by atoms with Gasteiger partial charge in [-0.25, -0.2) is 0 Å². The number of nitrogens with zero attached hydrogens (tertiary/aromatic N) is 1. The van der Waals surface area contributed by atoms with Crippen LogP contribution in [0.2, 0.25) is 0 Å². The minimum Gasteiger partial charge on any atom is -0.618 e. The summed E-state index contributed by atoms with van der Waals surface area (Å²) >= 11 is 8.70. The average molecular weight is 349 g/mol. The molecule has 0 aliphatic carbocycles. The molecule has 0 spiro atoms. The molecule has 5 nitrogen and oxygen atoms in total. The van der Waals surface area contributed by atoms with E-state index in [1.807, 2.05) is 0 Å². The van der Waals surface area contributed by atoms with Crippen molar-refractivity contribution in [3.05, 3.63) is 53.2 Å². The summed E-state index contributed by atoms with van der Waals surface area (Å²) < 4.78 is 16.4. The highest BCUT2D eigenvalue weighted by molar-refractivity contribution is 8.10. The van der Waals surface area contributed by atoms with Crippen molar-refractivity contribution in [2.75, 3.05) is 14.2 Å². The first-order chi connectivity index (χ1) is 11.0. The van der Waals surface area contributed by atoms with E-state index in [4.69, 9.17) is 26.4 Å². The van der Waals surface area contributed by atoms with Gasteiger partial charge in [-0.2, -0.15) is 4.74 Å². The van der Waals surface area contributed by atoms with Crippen molar-refractivity contribution in [2.24, 2.45) is 0 Å². The monoisotopic (exact) mass is 349 g/mol. The first-order valence-electron chi connectivity index (χ1n) is 6.57. The highest BCUT2D eigenvalue weighted by Gasteiger charge is 2.09. The minimum absolute atomic E-state index is 0.0868. The Labute approximate surface area is 145 Å². The molecule has 2 aromatic rings. The Hall–Kier alpha value is -2.25. The summed E-state index contributed by atoms with van der Waals surface area (Å²) in [5.41, 5.74) is 1.15. The Morgan fingerprint density at radius 1 is 1.09 bits per heavy atom. The Morgan fingerprint density at radius 3 is 2.35 bits per heavy atom. The fourth-order valence-electron chi connectivity index (χ4n) is 1.88. The van der Waals surface area contributed by atoms with Crippen molar-refractivity contribution in [3.63, 3.8) is 0 Å². The maximum absolute atomic E-state index is 12.2. The predicted molar refractivity (Wildman–Crippen MR) is 96.7 cm³/mol. The third-order valence-corrected chi connectivity index (χ3v) is 3.15. The van der Waals surface area contributed by atoms with E-state index in [-0.39, 0.29) is 4.38 Å². The van der Waals surface area contributed by atoms with E-state index in [2.05, 4.69) is 12.6 Å². The molecule has 0 bridgehead atoms. The molecule has 0 atom stereocenters. The Kier molecular flexibility index (Phi) is 5.84. The van der Waals surface area contributed by atoms with E-state index in [9.17, 15) is 5.21 Å². The van der Waals surface area contributed by atoms with Crippen LogP contribution in [0.15, 0.2) is 42.5 Å². The van der Waals surface area contributed by atoms with E-state index in [1.165, 1.54) is 13.3 Å². The number of ether oxygens (including phenoxy) is 3. The van der Waals surface area contributed by atoms with Crippen LogP contribution >= 0.6 is 24.8 Å². The summed E-state index contributed by atoms with van der Waals surface area (Å²) in [7, 11) is 3.08. The van der Waals surface area contributed by atoms with E-state index >= 15 is 0 Å². The Bertz CT molecular complexity index is 729. The molecule has 0 saturated heterocycles. The lowest BCUT2D eigenvalue weighted by Crippen LogP contribution is -2.02. The number of thiol groups is 1. The first kappa shape index (κ1) is 17.1. The van der Waals surface area contributed by atoms with Crippen molar-refractivity contribution in [3.8, 4) is 17.2 Å². The van der Waals surface area contributed by atoms with Gasteiger partial charge >= 0.3 is 0 Å². The summed E-state index contributed by atoms with van der Waals surface area (Å²) in [5, 5.41) is 12.2. The molecule has 2 aromatic carbocycles. The largest absolute Gasteiger partial charge is 0.618 e. The molecule has 23 heavy (non-hydrogen) atoms. The molecule has 120 valence electrons. The molecule has 0 unspecified atom stereocenters. The zero-order valence-corrected chi connectivity index (χ0v) is 14.3. The van der Waals surface area contributed by atoms with Gasteiger partial charge in [-0.1, -0.05) is 12.6 Å². The van der Waals surface area contributed by atoms with Gasteiger partial charge in [0, 0.05) is 17.7 Å². The number of thiocarbonyl (C=S) groups is 1. The molecule has 0 amide bonds. The second-order valence-electron chi connectivity index (χ2n) is 4.43. The van der Waals surface area contributed by atoms with Gasteiger partial charge in [-0.3, -0.25) is 0 Å². The van der Waals surface area contributed by atoms with Crippen molar-refractivity contribution >= 4 is 41.1 Å². The molecule has 0 N–H and O–H groups in total. The minimum atomic E-state index is 0.0868. The molecule has 0 saturated carbocycles. The van der Waals surface area contributed by atoms with Crippen LogP contribution in [0.4, 0.5) is 5.69 Å². The van der Waals surface area contributed by atoms with Crippen molar-refractivity contribution in [1.29, 1.82) is 0 Å². The summed E-state index contributed by atoms with van der Waals surface area (Å²) in [6.45, 7) is 0.